The van der Waals surface area contributed by atoms with Gasteiger partial charge in [0.15, 0.2) is 11.6 Å². The van der Waals surface area contributed by atoms with Gasteiger partial charge < -0.3 is 4.57 Å². The highest BCUT2D eigenvalue weighted by Crippen LogP contribution is 2.37. The summed E-state index contributed by atoms with van der Waals surface area (Å²) >= 11 is 0. The van der Waals surface area contributed by atoms with Crippen molar-refractivity contribution in [1.82, 2.24) is 24.1 Å². The molecular formula is C40H26FN5. The van der Waals surface area contributed by atoms with E-state index < -0.39 is 0 Å². The summed E-state index contributed by atoms with van der Waals surface area (Å²) in [5.74, 6) is 1.12. The van der Waals surface area contributed by atoms with Crippen LogP contribution < -0.4 is 0 Å². The molecule has 0 fully saturated rings. The molecule has 0 aliphatic heterocycles. The van der Waals surface area contributed by atoms with E-state index in [4.69, 9.17) is 15.0 Å². The molecule has 0 bridgehead atoms. The van der Waals surface area contributed by atoms with Gasteiger partial charge in [-0.3, -0.25) is 4.57 Å². The van der Waals surface area contributed by atoms with Gasteiger partial charge in [-0.15, -0.1) is 0 Å². The first-order chi connectivity index (χ1) is 22.7. The lowest BCUT2D eigenvalue weighted by atomic mass is 10.1. The minimum absolute atomic E-state index is 0.298. The van der Waals surface area contributed by atoms with Crippen LogP contribution in [-0.4, -0.2) is 24.1 Å². The molecule has 0 saturated carbocycles. The summed E-state index contributed by atoms with van der Waals surface area (Å²) in [6.07, 6.45) is 0. The van der Waals surface area contributed by atoms with Gasteiger partial charge in [0.2, 0.25) is 5.95 Å². The predicted octanol–water partition coefficient (Wildman–Crippen LogP) is 9.85. The highest BCUT2D eigenvalue weighted by Gasteiger charge is 2.20. The van der Waals surface area contributed by atoms with Crippen LogP contribution in [0.3, 0.4) is 0 Å². The minimum Gasteiger partial charge on any atom is -0.309 e. The fourth-order valence-corrected chi connectivity index (χ4v) is 6.67. The van der Waals surface area contributed by atoms with Crippen molar-refractivity contribution in [2.24, 2.45) is 0 Å². The van der Waals surface area contributed by atoms with E-state index in [1.54, 1.807) is 13.0 Å². The van der Waals surface area contributed by atoms with Crippen LogP contribution in [-0.2, 0) is 0 Å². The Morgan fingerprint density at radius 1 is 0.478 bits per heavy atom. The maximum atomic E-state index is 14.8. The van der Waals surface area contributed by atoms with Crippen LogP contribution in [0.4, 0.5) is 4.39 Å². The first-order valence-electron chi connectivity index (χ1n) is 15.2. The van der Waals surface area contributed by atoms with Crippen molar-refractivity contribution in [2.45, 2.75) is 6.92 Å². The number of hydrogen-bond donors (Lipinski definition) is 0. The van der Waals surface area contributed by atoms with Gasteiger partial charge >= 0.3 is 0 Å². The SMILES string of the molecule is Cc1c(F)cccc1-c1nc(-c2ccccc2)nc(-n2c3ccccc3c3ccc(-n4c5ccccc5c5ccccc54)cc32)n1. The molecule has 0 spiro atoms. The van der Waals surface area contributed by atoms with Gasteiger partial charge in [0.1, 0.15) is 5.82 Å². The van der Waals surface area contributed by atoms with Crippen LogP contribution in [0.2, 0.25) is 0 Å². The second kappa shape index (κ2) is 10.2. The first-order valence-corrected chi connectivity index (χ1v) is 15.2. The Bertz CT molecular complexity index is 2560. The Morgan fingerprint density at radius 2 is 1.04 bits per heavy atom. The van der Waals surface area contributed by atoms with E-state index in [2.05, 4.69) is 94.1 Å². The number of aromatic nitrogens is 5. The molecule has 0 radical (unpaired) electrons. The van der Waals surface area contributed by atoms with E-state index in [0.29, 0.717) is 28.7 Å². The Morgan fingerprint density at radius 3 is 1.72 bits per heavy atom. The van der Waals surface area contributed by atoms with E-state index in [1.807, 2.05) is 42.5 Å². The summed E-state index contributed by atoms with van der Waals surface area (Å²) in [7, 11) is 0. The molecule has 3 aromatic heterocycles. The lowest BCUT2D eigenvalue weighted by molar-refractivity contribution is 0.619. The fraction of sp³-hybridized carbons (Fsp3) is 0.0250. The molecule has 3 heterocycles. The largest absolute Gasteiger partial charge is 0.309 e. The Labute approximate surface area is 263 Å². The van der Waals surface area contributed by atoms with Crippen LogP contribution in [0.1, 0.15) is 5.56 Å². The van der Waals surface area contributed by atoms with Gasteiger partial charge in [-0.05, 0) is 48.9 Å². The average Bonchev–Trinajstić information content (AvgIpc) is 3.62. The zero-order chi connectivity index (χ0) is 30.8. The molecule has 0 atom stereocenters. The number of hydrogen-bond acceptors (Lipinski definition) is 3. The number of nitrogens with zero attached hydrogens (tertiary/aromatic N) is 5. The smallest absolute Gasteiger partial charge is 0.238 e. The molecule has 218 valence electrons. The fourth-order valence-electron chi connectivity index (χ4n) is 6.67. The van der Waals surface area contributed by atoms with Gasteiger partial charge in [0.05, 0.1) is 22.1 Å². The van der Waals surface area contributed by atoms with Crippen molar-refractivity contribution in [3.8, 4) is 34.4 Å². The second-order valence-corrected chi connectivity index (χ2v) is 11.5. The quantitative estimate of drug-likeness (QED) is 0.203. The normalized spacial score (nSPS) is 11.7. The summed E-state index contributed by atoms with van der Waals surface area (Å²) in [6.45, 7) is 1.76. The van der Waals surface area contributed by atoms with Crippen LogP contribution >= 0.6 is 0 Å². The summed E-state index contributed by atoms with van der Waals surface area (Å²) in [4.78, 5) is 15.0. The third-order valence-corrected chi connectivity index (χ3v) is 8.86. The molecule has 0 unspecified atom stereocenters. The highest BCUT2D eigenvalue weighted by atomic mass is 19.1. The second-order valence-electron chi connectivity index (χ2n) is 11.5. The molecule has 46 heavy (non-hydrogen) atoms. The highest BCUT2D eigenvalue weighted by molar-refractivity contribution is 6.11. The molecule has 0 amide bonds. The monoisotopic (exact) mass is 595 g/mol. The average molecular weight is 596 g/mol. The van der Waals surface area contributed by atoms with Crippen molar-refractivity contribution in [1.29, 1.82) is 0 Å². The van der Waals surface area contributed by atoms with E-state index in [1.165, 1.54) is 16.8 Å². The number of halogens is 1. The Hall–Kier alpha value is -6.14. The van der Waals surface area contributed by atoms with Crippen molar-refractivity contribution >= 4 is 43.6 Å². The third kappa shape index (κ3) is 3.97. The number of rotatable bonds is 4. The lowest BCUT2D eigenvalue weighted by Gasteiger charge is -2.13. The molecule has 6 heteroatoms. The zero-order valence-corrected chi connectivity index (χ0v) is 24.9. The summed E-state index contributed by atoms with van der Waals surface area (Å²) in [6, 6.07) is 46.8. The first kappa shape index (κ1) is 26.3. The van der Waals surface area contributed by atoms with Crippen LogP contribution in [0.25, 0.3) is 78.0 Å². The summed E-state index contributed by atoms with van der Waals surface area (Å²) < 4.78 is 19.2. The van der Waals surface area contributed by atoms with Crippen LogP contribution in [0, 0.1) is 12.7 Å². The van der Waals surface area contributed by atoms with Gasteiger partial charge in [-0.2, -0.15) is 9.97 Å². The maximum absolute atomic E-state index is 14.8. The summed E-state index contributed by atoms with van der Waals surface area (Å²) in [5, 5.41) is 4.60. The van der Waals surface area contributed by atoms with Crippen molar-refractivity contribution < 1.29 is 4.39 Å². The van der Waals surface area contributed by atoms with Gasteiger partial charge in [0.25, 0.3) is 0 Å². The lowest BCUT2D eigenvalue weighted by Crippen LogP contribution is -2.07. The van der Waals surface area contributed by atoms with Gasteiger partial charge in [-0.25, -0.2) is 9.37 Å². The molecule has 9 aromatic rings. The minimum atomic E-state index is -0.298. The molecule has 6 aromatic carbocycles. The molecule has 9 rings (SSSR count). The number of fused-ring (bicyclic) bond motifs is 6. The van der Waals surface area contributed by atoms with E-state index in [9.17, 15) is 4.39 Å². The van der Waals surface area contributed by atoms with Crippen LogP contribution in [0.5, 0.6) is 0 Å². The maximum Gasteiger partial charge on any atom is 0.238 e. The standard InChI is InChI=1S/C40H26FN5/c1-25-28(17-11-18-33(25)41)39-42-38(26-12-3-2-4-13-26)43-40(44-39)46-36-21-10-7-16-31(36)32-23-22-27(24-37(32)46)45-34-19-8-5-14-29(34)30-15-6-9-20-35(30)45/h2-24H,1H3. The van der Waals surface area contributed by atoms with Gasteiger partial charge in [-0.1, -0.05) is 103 Å². The van der Waals surface area contributed by atoms with Crippen molar-refractivity contribution in [2.75, 3.05) is 0 Å². The molecule has 0 aliphatic carbocycles. The van der Waals surface area contributed by atoms with Crippen molar-refractivity contribution in [3.05, 3.63) is 151 Å². The van der Waals surface area contributed by atoms with Crippen LogP contribution in [0.15, 0.2) is 140 Å². The Kier molecular flexibility index (Phi) is 5.83. The number of para-hydroxylation sites is 3. The topological polar surface area (TPSA) is 48.5 Å². The molecule has 0 N–H and O–H groups in total. The van der Waals surface area contributed by atoms with E-state index in [-0.39, 0.29) is 5.82 Å². The molecule has 0 saturated heterocycles. The van der Waals surface area contributed by atoms with Crippen molar-refractivity contribution in [3.63, 3.8) is 0 Å². The van der Waals surface area contributed by atoms with E-state index in [0.717, 1.165) is 44.1 Å². The van der Waals surface area contributed by atoms with E-state index >= 15 is 0 Å². The number of benzene rings is 6. The molecular weight excluding hydrogens is 569 g/mol. The summed E-state index contributed by atoms with van der Waals surface area (Å²) in [5.41, 5.74) is 7.24. The predicted molar refractivity (Wildman–Crippen MR) is 184 cm³/mol. The molecule has 5 nitrogen and oxygen atoms in total. The van der Waals surface area contributed by atoms with Gasteiger partial charge in [0, 0.05) is 38.4 Å². The third-order valence-electron chi connectivity index (χ3n) is 8.86. The molecule has 0 aliphatic rings. The Balaban J connectivity index is 1.37. The zero-order valence-electron chi connectivity index (χ0n) is 24.9.